The smallest absolute Gasteiger partial charge is 0.329 e. The predicted molar refractivity (Wildman–Crippen MR) is 61.0 cm³/mol. The molecule has 1 unspecified atom stereocenters. The molecule has 0 saturated heterocycles. The van der Waals surface area contributed by atoms with Crippen molar-refractivity contribution in [3.05, 3.63) is 0 Å². The van der Waals surface area contributed by atoms with Gasteiger partial charge in [0.15, 0.2) is 0 Å². The maximum absolute atomic E-state index is 11.6. The van der Waals surface area contributed by atoms with Crippen molar-refractivity contribution in [2.45, 2.75) is 57.9 Å². The number of carbonyl (C=O) groups is 2. The standard InChI is InChI=1S/C12H21NO3/c1-3-8-12(2,11(15)16)13-10(14)7-6-9-4-5-9/h9H,3-8H2,1-2H3,(H,13,14)(H,15,16). The van der Waals surface area contributed by atoms with E-state index in [9.17, 15) is 9.59 Å². The van der Waals surface area contributed by atoms with Crippen LogP contribution in [0.25, 0.3) is 0 Å². The fraction of sp³-hybridized carbons (Fsp3) is 0.833. The third-order valence-electron chi connectivity index (χ3n) is 3.11. The zero-order chi connectivity index (χ0) is 12.2. The summed E-state index contributed by atoms with van der Waals surface area (Å²) in [5.41, 5.74) is -1.10. The Morgan fingerprint density at radius 2 is 2.06 bits per heavy atom. The molecule has 1 fully saturated rings. The van der Waals surface area contributed by atoms with Crippen LogP contribution >= 0.6 is 0 Å². The minimum Gasteiger partial charge on any atom is -0.480 e. The number of hydrogen-bond acceptors (Lipinski definition) is 2. The number of amides is 1. The van der Waals surface area contributed by atoms with Crippen LogP contribution in [0.15, 0.2) is 0 Å². The number of nitrogens with one attached hydrogen (secondary N) is 1. The second kappa shape index (κ2) is 5.32. The van der Waals surface area contributed by atoms with Crippen molar-refractivity contribution in [2.75, 3.05) is 0 Å². The van der Waals surface area contributed by atoms with E-state index in [4.69, 9.17) is 5.11 Å². The number of aliphatic carboxylic acids is 1. The zero-order valence-corrected chi connectivity index (χ0v) is 10.1. The fourth-order valence-electron chi connectivity index (χ4n) is 1.83. The van der Waals surface area contributed by atoms with Gasteiger partial charge in [-0.1, -0.05) is 26.2 Å². The van der Waals surface area contributed by atoms with Gasteiger partial charge >= 0.3 is 5.97 Å². The molecule has 1 aliphatic rings. The Balaban J connectivity index is 2.39. The highest BCUT2D eigenvalue weighted by Gasteiger charge is 2.34. The molecule has 16 heavy (non-hydrogen) atoms. The Morgan fingerprint density at radius 3 is 2.50 bits per heavy atom. The number of carboxylic acids is 1. The van der Waals surface area contributed by atoms with Crippen LogP contribution in [-0.2, 0) is 9.59 Å². The molecular weight excluding hydrogens is 206 g/mol. The van der Waals surface area contributed by atoms with Gasteiger partial charge in [-0.2, -0.15) is 0 Å². The van der Waals surface area contributed by atoms with E-state index in [0.717, 1.165) is 12.8 Å². The summed E-state index contributed by atoms with van der Waals surface area (Å²) in [5.74, 6) is -0.382. The van der Waals surface area contributed by atoms with Gasteiger partial charge in [-0.3, -0.25) is 4.79 Å². The van der Waals surface area contributed by atoms with Crippen molar-refractivity contribution < 1.29 is 14.7 Å². The number of carboxylic acid groups (broad SMARTS) is 1. The van der Waals surface area contributed by atoms with E-state index < -0.39 is 11.5 Å². The van der Waals surface area contributed by atoms with E-state index in [1.165, 1.54) is 12.8 Å². The molecule has 1 saturated carbocycles. The molecule has 4 nitrogen and oxygen atoms in total. The molecule has 4 heteroatoms. The molecule has 0 spiro atoms. The summed E-state index contributed by atoms with van der Waals surface area (Å²) in [6.07, 6.45) is 5.00. The maximum Gasteiger partial charge on any atom is 0.329 e. The number of carbonyl (C=O) groups excluding carboxylic acids is 1. The van der Waals surface area contributed by atoms with E-state index in [1.54, 1.807) is 6.92 Å². The summed E-state index contributed by atoms with van der Waals surface area (Å²) in [6, 6.07) is 0. The second-order valence-corrected chi connectivity index (χ2v) is 4.92. The molecule has 0 radical (unpaired) electrons. The third-order valence-corrected chi connectivity index (χ3v) is 3.11. The van der Waals surface area contributed by atoms with Gasteiger partial charge in [0.1, 0.15) is 5.54 Å². The van der Waals surface area contributed by atoms with Gasteiger partial charge in [-0.05, 0) is 25.7 Å². The maximum atomic E-state index is 11.6. The van der Waals surface area contributed by atoms with Gasteiger partial charge in [0.25, 0.3) is 0 Å². The summed E-state index contributed by atoms with van der Waals surface area (Å²) in [6.45, 7) is 3.49. The molecular formula is C12H21NO3. The van der Waals surface area contributed by atoms with Crippen LogP contribution in [0.1, 0.15) is 52.4 Å². The number of hydrogen-bond donors (Lipinski definition) is 2. The molecule has 1 aliphatic carbocycles. The highest BCUT2D eigenvalue weighted by Crippen LogP contribution is 2.33. The van der Waals surface area contributed by atoms with Gasteiger partial charge in [-0.15, -0.1) is 0 Å². The van der Waals surface area contributed by atoms with Crippen molar-refractivity contribution in [1.29, 1.82) is 0 Å². The van der Waals surface area contributed by atoms with E-state index in [-0.39, 0.29) is 5.91 Å². The molecule has 0 aromatic heterocycles. The molecule has 0 heterocycles. The second-order valence-electron chi connectivity index (χ2n) is 4.92. The zero-order valence-electron chi connectivity index (χ0n) is 10.1. The van der Waals surface area contributed by atoms with Crippen molar-refractivity contribution in [3.8, 4) is 0 Å². The monoisotopic (exact) mass is 227 g/mol. The van der Waals surface area contributed by atoms with Gasteiger partial charge < -0.3 is 10.4 Å². The van der Waals surface area contributed by atoms with Gasteiger partial charge in [0, 0.05) is 6.42 Å². The van der Waals surface area contributed by atoms with Gasteiger partial charge in [0.2, 0.25) is 5.91 Å². The Hall–Kier alpha value is -1.06. The van der Waals surface area contributed by atoms with Crippen molar-refractivity contribution >= 4 is 11.9 Å². The predicted octanol–water partition coefficient (Wildman–Crippen LogP) is 1.94. The van der Waals surface area contributed by atoms with Gasteiger partial charge in [0.05, 0.1) is 0 Å². The van der Waals surface area contributed by atoms with Crippen LogP contribution in [0, 0.1) is 5.92 Å². The topological polar surface area (TPSA) is 66.4 Å². The number of rotatable bonds is 7. The molecule has 0 bridgehead atoms. The molecule has 1 atom stereocenters. The summed E-state index contributed by atoms with van der Waals surface area (Å²) >= 11 is 0. The van der Waals surface area contributed by atoms with Crippen LogP contribution in [0.4, 0.5) is 0 Å². The largest absolute Gasteiger partial charge is 0.480 e. The van der Waals surface area contributed by atoms with Crippen LogP contribution in [0.3, 0.4) is 0 Å². The molecule has 1 rings (SSSR count). The lowest BCUT2D eigenvalue weighted by Gasteiger charge is -2.25. The first-order chi connectivity index (χ1) is 7.48. The first kappa shape index (κ1) is 13.0. The minimum atomic E-state index is -1.10. The lowest BCUT2D eigenvalue weighted by atomic mass is 9.96. The first-order valence-electron chi connectivity index (χ1n) is 6.02. The normalized spacial score (nSPS) is 18.9. The van der Waals surface area contributed by atoms with Crippen molar-refractivity contribution in [2.24, 2.45) is 5.92 Å². The molecule has 92 valence electrons. The highest BCUT2D eigenvalue weighted by molar-refractivity contribution is 5.86. The molecule has 1 amide bonds. The summed E-state index contributed by atoms with van der Waals surface area (Å²) < 4.78 is 0. The van der Waals surface area contributed by atoms with E-state index in [1.807, 2.05) is 6.92 Å². The molecule has 0 aliphatic heterocycles. The SMILES string of the molecule is CCCC(C)(NC(=O)CCC1CC1)C(=O)O. The molecule has 2 N–H and O–H groups in total. The Labute approximate surface area is 96.4 Å². The van der Waals surface area contributed by atoms with Crippen molar-refractivity contribution in [1.82, 2.24) is 5.32 Å². The summed E-state index contributed by atoms with van der Waals surface area (Å²) in [7, 11) is 0. The lowest BCUT2D eigenvalue weighted by Crippen LogP contribution is -2.52. The van der Waals surface area contributed by atoms with Crippen LogP contribution in [0.5, 0.6) is 0 Å². The highest BCUT2D eigenvalue weighted by atomic mass is 16.4. The van der Waals surface area contributed by atoms with Gasteiger partial charge in [-0.25, -0.2) is 4.79 Å². The van der Waals surface area contributed by atoms with Crippen LogP contribution < -0.4 is 5.32 Å². The van der Waals surface area contributed by atoms with E-state index >= 15 is 0 Å². The van der Waals surface area contributed by atoms with Crippen LogP contribution in [-0.4, -0.2) is 22.5 Å². The third kappa shape index (κ3) is 3.83. The quantitative estimate of drug-likeness (QED) is 0.698. The Kier molecular flexibility index (Phi) is 4.33. The average molecular weight is 227 g/mol. The van der Waals surface area contributed by atoms with E-state index in [0.29, 0.717) is 18.8 Å². The summed E-state index contributed by atoms with van der Waals surface area (Å²) in [5, 5.41) is 11.7. The Bertz CT molecular complexity index is 273. The van der Waals surface area contributed by atoms with Crippen molar-refractivity contribution in [3.63, 3.8) is 0 Å². The lowest BCUT2D eigenvalue weighted by molar-refractivity contribution is -0.147. The summed E-state index contributed by atoms with van der Waals surface area (Å²) in [4.78, 5) is 22.7. The first-order valence-corrected chi connectivity index (χ1v) is 6.02. The van der Waals surface area contributed by atoms with Crippen LogP contribution in [0.2, 0.25) is 0 Å². The van der Waals surface area contributed by atoms with E-state index in [2.05, 4.69) is 5.32 Å². The average Bonchev–Trinajstić information content (AvgIpc) is 2.98. The molecule has 0 aromatic carbocycles. The minimum absolute atomic E-state index is 0.134. The molecule has 0 aromatic rings. The fourth-order valence-corrected chi connectivity index (χ4v) is 1.83. The Morgan fingerprint density at radius 1 is 1.44 bits per heavy atom.